The molecule has 9 heteroatoms. The van der Waals surface area contributed by atoms with Crippen molar-refractivity contribution in [3.8, 4) is 6.07 Å². The molecule has 0 aliphatic carbocycles. The fraction of sp³-hybridized carbons (Fsp3) is 0.389. The van der Waals surface area contributed by atoms with E-state index in [0.29, 0.717) is 31.6 Å². The Hall–Kier alpha value is -3.02. The highest BCUT2D eigenvalue weighted by Crippen LogP contribution is 2.31. The second kappa shape index (κ2) is 7.31. The normalized spacial score (nSPS) is 15.4. The Morgan fingerprint density at radius 3 is 2.63 bits per heavy atom. The molecular weight excluding hydrogens is 359 g/mol. The first-order valence-corrected chi connectivity index (χ1v) is 8.45. The van der Waals surface area contributed by atoms with Gasteiger partial charge in [0.15, 0.2) is 5.69 Å². The summed E-state index contributed by atoms with van der Waals surface area (Å²) in [6, 6.07) is 9.29. The number of benzene rings is 1. The monoisotopic (exact) mass is 377 g/mol. The van der Waals surface area contributed by atoms with Gasteiger partial charge in [0.25, 0.3) is 5.91 Å². The number of halogens is 3. The molecule has 1 aromatic carbocycles. The van der Waals surface area contributed by atoms with Gasteiger partial charge in [-0.25, -0.2) is 0 Å². The summed E-state index contributed by atoms with van der Waals surface area (Å²) in [5, 5.41) is 12.7. The van der Waals surface area contributed by atoms with Crippen LogP contribution in [0.25, 0.3) is 0 Å². The van der Waals surface area contributed by atoms with Gasteiger partial charge in [-0.2, -0.15) is 23.5 Å². The molecule has 1 saturated heterocycles. The summed E-state index contributed by atoms with van der Waals surface area (Å²) in [6.45, 7) is 1.66. The third-order valence-corrected chi connectivity index (χ3v) is 4.48. The zero-order valence-corrected chi connectivity index (χ0v) is 14.7. The van der Waals surface area contributed by atoms with E-state index in [2.05, 4.69) is 11.2 Å². The van der Waals surface area contributed by atoms with Crippen LogP contribution in [0.1, 0.15) is 28.0 Å². The quantitative estimate of drug-likeness (QED) is 0.807. The van der Waals surface area contributed by atoms with E-state index in [1.54, 1.807) is 12.1 Å². The lowest BCUT2D eigenvalue weighted by molar-refractivity contribution is -0.141. The van der Waals surface area contributed by atoms with Crippen LogP contribution in [0.15, 0.2) is 30.5 Å². The number of amides is 1. The fourth-order valence-corrected chi connectivity index (χ4v) is 3.23. The largest absolute Gasteiger partial charge is 0.435 e. The van der Waals surface area contributed by atoms with E-state index in [9.17, 15) is 23.2 Å². The van der Waals surface area contributed by atoms with Gasteiger partial charge in [-0.15, -0.1) is 0 Å². The van der Waals surface area contributed by atoms with Crippen molar-refractivity contribution in [2.24, 2.45) is 7.05 Å². The number of aryl methyl sites for hydroxylation is 1. The van der Waals surface area contributed by atoms with Crippen molar-refractivity contribution in [2.45, 2.75) is 12.6 Å². The maximum Gasteiger partial charge on any atom is 0.435 e. The predicted molar refractivity (Wildman–Crippen MR) is 92.1 cm³/mol. The topological polar surface area (TPSA) is 65.2 Å². The number of carbonyl (C=O) groups is 1. The maximum absolute atomic E-state index is 13.2. The van der Waals surface area contributed by atoms with Gasteiger partial charge in [0.05, 0.1) is 16.8 Å². The zero-order chi connectivity index (χ0) is 19.6. The number of hydrogen-bond donors (Lipinski definition) is 0. The Balaban J connectivity index is 1.79. The molecule has 1 aromatic heterocycles. The number of nitrogens with zero attached hydrogens (tertiary/aromatic N) is 5. The number of carbonyl (C=O) groups excluding carboxylic acids is 1. The molecule has 6 nitrogen and oxygen atoms in total. The van der Waals surface area contributed by atoms with E-state index in [1.807, 2.05) is 17.0 Å². The molecule has 2 aromatic rings. The van der Waals surface area contributed by atoms with Gasteiger partial charge < -0.3 is 9.80 Å². The molecule has 0 unspecified atom stereocenters. The van der Waals surface area contributed by atoms with Gasteiger partial charge >= 0.3 is 6.18 Å². The van der Waals surface area contributed by atoms with E-state index in [1.165, 1.54) is 11.9 Å². The summed E-state index contributed by atoms with van der Waals surface area (Å²) in [4.78, 5) is 16.1. The third-order valence-electron chi connectivity index (χ3n) is 4.48. The average Bonchev–Trinajstić information content (AvgIpc) is 2.88. The Kier molecular flexibility index (Phi) is 5.08. The van der Waals surface area contributed by atoms with Gasteiger partial charge in [-0.3, -0.25) is 9.48 Å². The lowest BCUT2D eigenvalue weighted by Crippen LogP contribution is -2.36. The van der Waals surface area contributed by atoms with Crippen LogP contribution in [0.3, 0.4) is 0 Å². The third kappa shape index (κ3) is 3.89. The average molecular weight is 377 g/mol. The van der Waals surface area contributed by atoms with Crippen molar-refractivity contribution in [1.29, 1.82) is 5.26 Å². The minimum absolute atomic E-state index is 0.269. The molecular formula is C18H18F3N5O. The maximum atomic E-state index is 13.2. The van der Waals surface area contributed by atoms with Crippen LogP contribution < -0.4 is 4.90 Å². The van der Waals surface area contributed by atoms with Gasteiger partial charge in [-0.1, -0.05) is 12.1 Å². The smallest absolute Gasteiger partial charge is 0.369 e. The Morgan fingerprint density at radius 1 is 1.19 bits per heavy atom. The van der Waals surface area contributed by atoms with Gasteiger partial charge in [0.1, 0.15) is 6.07 Å². The second-order valence-electron chi connectivity index (χ2n) is 6.32. The minimum Gasteiger partial charge on any atom is -0.369 e. The van der Waals surface area contributed by atoms with Crippen LogP contribution in [0.5, 0.6) is 0 Å². The number of rotatable bonds is 2. The minimum atomic E-state index is -4.68. The molecule has 1 amide bonds. The molecule has 0 radical (unpaired) electrons. The SMILES string of the molecule is Cn1cc(C(=O)N2CCCN(c3ccccc3C#N)CC2)c(C(F)(F)F)n1. The molecule has 0 N–H and O–H groups in total. The van der Waals surface area contributed by atoms with E-state index < -0.39 is 23.3 Å². The molecule has 0 bridgehead atoms. The van der Waals surface area contributed by atoms with E-state index in [-0.39, 0.29) is 6.54 Å². The van der Waals surface area contributed by atoms with Crippen molar-refractivity contribution in [1.82, 2.24) is 14.7 Å². The standard InChI is InChI=1S/C18H18F3N5O/c1-24-12-14(16(23-24)18(19,20)21)17(27)26-8-4-7-25(9-10-26)15-6-3-2-5-13(15)11-22/h2-3,5-6,12H,4,7-10H2,1H3. The van der Waals surface area contributed by atoms with Crippen molar-refractivity contribution >= 4 is 11.6 Å². The number of aromatic nitrogens is 2. The summed E-state index contributed by atoms with van der Waals surface area (Å²) in [7, 11) is 1.36. The highest BCUT2D eigenvalue weighted by molar-refractivity contribution is 5.95. The van der Waals surface area contributed by atoms with Gasteiger partial charge in [0, 0.05) is 39.4 Å². The summed E-state index contributed by atoms with van der Waals surface area (Å²) in [6.07, 6.45) is -2.98. The van der Waals surface area contributed by atoms with Crippen LogP contribution in [0.4, 0.5) is 18.9 Å². The lowest BCUT2D eigenvalue weighted by Gasteiger charge is -2.24. The molecule has 3 rings (SSSR count). The summed E-state index contributed by atoms with van der Waals surface area (Å²) in [5.74, 6) is -0.675. The Labute approximate surface area is 154 Å². The van der Waals surface area contributed by atoms with Crippen LogP contribution >= 0.6 is 0 Å². The van der Waals surface area contributed by atoms with Crippen LogP contribution in [0.2, 0.25) is 0 Å². The highest BCUT2D eigenvalue weighted by atomic mass is 19.4. The Morgan fingerprint density at radius 2 is 1.93 bits per heavy atom. The van der Waals surface area contributed by atoms with Gasteiger partial charge in [-0.05, 0) is 18.6 Å². The highest BCUT2D eigenvalue weighted by Gasteiger charge is 2.40. The van der Waals surface area contributed by atoms with Crippen molar-refractivity contribution < 1.29 is 18.0 Å². The number of alkyl halides is 3. The molecule has 0 atom stereocenters. The molecule has 0 saturated carbocycles. The second-order valence-corrected chi connectivity index (χ2v) is 6.32. The van der Waals surface area contributed by atoms with Crippen LogP contribution in [-0.2, 0) is 13.2 Å². The first-order valence-electron chi connectivity index (χ1n) is 8.45. The molecule has 142 valence electrons. The van der Waals surface area contributed by atoms with Crippen LogP contribution in [-0.4, -0.2) is 46.8 Å². The first kappa shape index (κ1) is 18.8. The molecule has 1 aliphatic rings. The zero-order valence-electron chi connectivity index (χ0n) is 14.7. The molecule has 27 heavy (non-hydrogen) atoms. The van der Waals surface area contributed by atoms with E-state index in [0.717, 1.165) is 16.6 Å². The summed E-state index contributed by atoms with van der Waals surface area (Å²) in [5.41, 5.74) is -0.294. The number of para-hydroxylation sites is 1. The predicted octanol–water partition coefficient (Wildman–Crippen LogP) is 2.66. The van der Waals surface area contributed by atoms with E-state index in [4.69, 9.17) is 0 Å². The number of anilines is 1. The molecule has 0 spiro atoms. The van der Waals surface area contributed by atoms with Crippen molar-refractivity contribution in [2.75, 3.05) is 31.1 Å². The van der Waals surface area contributed by atoms with Gasteiger partial charge in [0.2, 0.25) is 0 Å². The fourth-order valence-electron chi connectivity index (χ4n) is 3.23. The van der Waals surface area contributed by atoms with Crippen LogP contribution in [0, 0.1) is 11.3 Å². The summed E-state index contributed by atoms with van der Waals surface area (Å²) < 4.78 is 40.5. The Bertz CT molecular complexity index is 884. The van der Waals surface area contributed by atoms with Crippen molar-refractivity contribution in [3.05, 3.63) is 47.3 Å². The first-order chi connectivity index (χ1) is 12.8. The molecule has 2 heterocycles. The van der Waals surface area contributed by atoms with E-state index >= 15 is 0 Å². The number of nitriles is 1. The lowest BCUT2D eigenvalue weighted by atomic mass is 10.1. The number of hydrogen-bond acceptors (Lipinski definition) is 4. The summed E-state index contributed by atoms with van der Waals surface area (Å²) >= 11 is 0. The van der Waals surface area contributed by atoms with Crippen molar-refractivity contribution in [3.63, 3.8) is 0 Å². The molecule has 1 fully saturated rings. The molecule has 1 aliphatic heterocycles.